The third-order valence-electron chi connectivity index (χ3n) is 3.76. The Morgan fingerprint density at radius 1 is 1.14 bits per heavy atom. The second kappa shape index (κ2) is 8.68. The van der Waals surface area contributed by atoms with Crippen LogP contribution in [0.4, 0.5) is 4.79 Å². The smallest absolute Gasteiger partial charge is 0.341 e. The predicted octanol–water partition coefficient (Wildman–Crippen LogP) is 4.69. The normalized spacial score (nSPS) is 15.4. The van der Waals surface area contributed by atoms with Crippen LogP contribution in [0.3, 0.4) is 0 Å². The summed E-state index contributed by atoms with van der Waals surface area (Å²) in [6, 6.07) is 11.6. The number of para-hydroxylation sites is 1. The van der Waals surface area contributed by atoms with E-state index in [9.17, 15) is 14.4 Å². The van der Waals surface area contributed by atoms with Gasteiger partial charge in [0, 0.05) is 5.56 Å². The highest BCUT2D eigenvalue weighted by molar-refractivity contribution is 8.18. The van der Waals surface area contributed by atoms with Crippen molar-refractivity contribution in [2.45, 2.75) is 6.54 Å². The molecule has 0 aliphatic carbocycles. The van der Waals surface area contributed by atoms with Crippen LogP contribution in [0, 0.1) is 0 Å². The van der Waals surface area contributed by atoms with E-state index in [4.69, 9.17) is 33.0 Å². The van der Waals surface area contributed by atoms with Crippen LogP contribution in [0.25, 0.3) is 6.08 Å². The molecule has 3 rings (SSSR count). The second-order valence-electron chi connectivity index (χ2n) is 5.74. The summed E-state index contributed by atoms with van der Waals surface area (Å²) in [6.07, 6.45) is 1.51. The van der Waals surface area contributed by atoms with Crippen LogP contribution < -0.4 is 4.74 Å². The molecule has 0 radical (unpaired) electrons. The van der Waals surface area contributed by atoms with E-state index >= 15 is 0 Å². The van der Waals surface area contributed by atoms with Gasteiger partial charge in [-0.25, -0.2) is 4.79 Å². The Morgan fingerprint density at radius 3 is 2.61 bits per heavy atom. The first-order valence-corrected chi connectivity index (χ1v) is 9.55. The lowest BCUT2D eigenvalue weighted by molar-refractivity contribution is -0.139. The molecule has 0 aromatic heterocycles. The lowest BCUT2D eigenvalue weighted by Gasteiger charge is -2.13. The highest BCUT2D eigenvalue weighted by Gasteiger charge is 2.35. The quantitative estimate of drug-likeness (QED) is 0.659. The van der Waals surface area contributed by atoms with Crippen molar-refractivity contribution < 1.29 is 24.2 Å². The number of aliphatic carboxylic acids is 1. The monoisotopic (exact) mass is 437 g/mol. The molecule has 1 aliphatic rings. The highest BCUT2D eigenvalue weighted by atomic mass is 35.5. The molecule has 2 aromatic rings. The molecule has 2 amide bonds. The second-order valence-corrected chi connectivity index (χ2v) is 7.54. The SMILES string of the molecule is O=C(O)COc1ccccc1/C=C1\SC(=O)N(Cc2ccc(Cl)c(Cl)c2)C1=O. The number of carboxylic acids is 1. The summed E-state index contributed by atoms with van der Waals surface area (Å²) in [4.78, 5) is 37.0. The zero-order valence-corrected chi connectivity index (χ0v) is 16.6. The van der Waals surface area contributed by atoms with E-state index in [0.717, 1.165) is 16.7 Å². The van der Waals surface area contributed by atoms with Crippen LogP contribution in [0.2, 0.25) is 10.0 Å². The summed E-state index contributed by atoms with van der Waals surface area (Å²) in [5, 5.41) is 9.09. The van der Waals surface area contributed by atoms with Crippen LogP contribution in [0.15, 0.2) is 47.4 Å². The molecule has 0 bridgehead atoms. The molecule has 0 spiro atoms. The van der Waals surface area contributed by atoms with Gasteiger partial charge in [-0.05, 0) is 41.6 Å². The average Bonchev–Trinajstić information content (AvgIpc) is 2.91. The van der Waals surface area contributed by atoms with Gasteiger partial charge in [-0.3, -0.25) is 14.5 Å². The van der Waals surface area contributed by atoms with Gasteiger partial charge in [0.25, 0.3) is 11.1 Å². The molecular formula is C19H13Cl2NO5S. The van der Waals surface area contributed by atoms with E-state index in [-0.39, 0.29) is 11.4 Å². The molecule has 1 N–H and O–H groups in total. The number of halogens is 2. The van der Waals surface area contributed by atoms with Gasteiger partial charge in [0.2, 0.25) is 0 Å². The lowest BCUT2D eigenvalue weighted by Crippen LogP contribution is -2.27. The Hall–Kier alpha value is -2.48. The molecular weight excluding hydrogens is 425 g/mol. The van der Waals surface area contributed by atoms with Gasteiger partial charge >= 0.3 is 5.97 Å². The summed E-state index contributed by atoms with van der Waals surface area (Å²) in [5.41, 5.74) is 1.17. The molecule has 6 nitrogen and oxygen atoms in total. The number of imide groups is 1. The molecule has 9 heteroatoms. The number of hydrogen-bond donors (Lipinski definition) is 1. The number of amides is 2. The minimum atomic E-state index is -1.11. The highest BCUT2D eigenvalue weighted by Crippen LogP contribution is 2.35. The first-order chi connectivity index (χ1) is 13.3. The predicted molar refractivity (Wildman–Crippen MR) is 108 cm³/mol. The average molecular weight is 438 g/mol. The molecule has 0 unspecified atom stereocenters. The van der Waals surface area contributed by atoms with Gasteiger partial charge in [-0.2, -0.15) is 0 Å². The van der Waals surface area contributed by atoms with Crippen molar-refractivity contribution in [3.63, 3.8) is 0 Å². The summed E-state index contributed by atoms with van der Waals surface area (Å²) in [5.74, 6) is -1.26. The summed E-state index contributed by atoms with van der Waals surface area (Å²) in [7, 11) is 0. The van der Waals surface area contributed by atoms with Gasteiger partial charge in [0.05, 0.1) is 21.5 Å². The first kappa shape index (κ1) is 20.3. The Bertz CT molecular complexity index is 992. The maximum atomic E-state index is 12.7. The number of hydrogen-bond acceptors (Lipinski definition) is 5. The molecule has 2 aromatic carbocycles. The molecule has 1 aliphatic heterocycles. The van der Waals surface area contributed by atoms with E-state index < -0.39 is 23.7 Å². The van der Waals surface area contributed by atoms with Crippen molar-refractivity contribution in [2.75, 3.05) is 6.61 Å². The topological polar surface area (TPSA) is 83.9 Å². The number of carboxylic acid groups (broad SMARTS) is 1. The zero-order valence-electron chi connectivity index (χ0n) is 14.2. The van der Waals surface area contributed by atoms with Crippen LogP contribution in [0.1, 0.15) is 11.1 Å². The van der Waals surface area contributed by atoms with Gasteiger partial charge in [0.1, 0.15) is 5.75 Å². The Kier molecular flexibility index (Phi) is 6.28. The van der Waals surface area contributed by atoms with Crippen LogP contribution in [0.5, 0.6) is 5.75 Å². The first-order valence-electron chi connectivity index (χ1n) is 7.98. The molecule has 0 atom stereocenters. The standard InChI is InChI=1S/C19H13Cl2NO5S/c20-13-6-5-11(7-14(13)21)9-22-18(25)16(28-19(22)26)8-12-3-1-2-4-15(12)27-10-17(23)24/h1-8H,9-10H2,(H,23,24)/b16-8-. The lowest BCUT2D eigenvalue weighted by atomic mass is 10.1. The molecule has 0 saturated carbocycles. The molecule has 144 valence electrons. The van der Waals surface area contributed by atoms with Crippen LogP contribution in [-0.4, -0.2) is 33.7 Å². The zero-order chi connectivity index (χ0) is 20.3. The van der Waals surface area contributed by atoms with E-state index in [2.05, 4.69) is 0 Å². The van der Waals surface area contributed by atoms with Gasteiger partial charge in [-0.1, -0.05) is 47.5 Å². The number of carbonyl (C=O) groups excluding carboxylic acids is 2. The van der Waals surface area contributed by atoms with E-state index in [0.29, 0.717) is 26.9 Å². The minimum absolute atomic E-state index is 0.0655. The summed E-state index contributed by atoms with van der Waals surface area (Å²) in [6.45, 7) is -0.445. The van der Waals surface area contributed by atoms with Gasteiger partial charge in [0.15, 0.2) is 6.61 Å². The molecule has 1 saturated heterocycles. The summed E-state index contributed by atoms with van der Waals surface area (Å²) >= 11 is 12.7. The number of nitrogens with zero attached hydrogens (tertiary/aromatic N) is 1. The molecule has 1 fully saturated rings. The van der Waals surface area contributed by atoms with Crippen molar-refractivity contribution in [2.24, 2.45) is 0 Å². The van der Waals surface area contributed by atoms with Crippen LogP contribution in [-0.2, 0) is 16.1 Å². The largest absolute Gasteiger partial charge is 0.481 e. The number of carbonyl (C=O) groups is 3. The fourth-order valence-corrected chi connectivity index (χ4v) is 3.62. The maximum absolute atomic E-state index is 12.7. The minimum Gasteiger partial charge on any atom is -0.481 e. The van der Waals surface area contributed by atoms with Crippen molar-refractivity contribution >= 4 is 58.2 Å². The van der Waals surface area contributed by atoms with Gasteiger partial charge in [-0.15, -0.1) is 0 Å². The Balaban J connectivity index is 1.81. The van der Waals surface area contributed by atoms with E-state index in [1.54, 1.807) is 42.5 Å². The number of benzene rings is 2. The molecule has 28 heavy (non-hydrogen) atoms. The number of thioether (sulfide) groups is 1. The number of ether oxygens (including phenoxy) is 1. The van der Waals surface area contributed by atoms with Gasteiger partial charge < -0.3 is 9.84 Å². The fourth-order valence-electron chi connectivity index (χ4n) is 2.47. The van der Waals surface area contributed by atoms with Crippen molar-refractivity contribution in [3.05, 3.63) is 68.5 Å². The third-order valence-corrected chi connectivity index (χ3v) is 5.40. The van der Waals surface area contributed by atoms with Crippen molar-refractivity contribution in [1.82, 2.24) is 4.90 Å². The van der Waals surface area contributed by atoms with E-state index in [1.165, 1.54) is 6.08 Å². The number of rotatable bonds is 6. The van der Waals surface area contributed by atoms with Crippen molar-refractivity contribution in [3.8, 4) is 5.75 Å². The van der Waals surface area contributed by atoms with Crippen LogP contribution >= 0.6 is 35.0 Å². The Labute approximate surface area is 174 Å². The third kappa shape index (κ3) is 4.67. The fraction of sp³-hybridized carbons (Fsp3) is 0.105. The molecule has 1 heterocycles. The Morgan fingerprint density at radius 2 is 1.89 bits per heavy atom. The maximum Gasteiger partial charge on any atom is 0.341 e. The van der Waals surface area contributed by atoms with E-state index in [1.807, 2.05) is 0 Å². The van der Waals surface area contributed by atoms with Crippen molar-refractivity contribution in [1.29, 1.82) is 0 Å². The summed E-state index contributed by atoms with van der Waals surface area (Å²) < 4.78 is 5.23.